The summed E-state index contributed by atoms with van der Waals surface area (Å²) in [5.41, 5.74) is 3.13. The minimum atomic E-state index is -0.260. The molecular formula is C24H22ClFN2OS. The molecule has 2 aliphatic carbocycles. The largest absolute Gasteiger partial charge is 0.326 e. The van der Waals surface area contributed by atoms with Crippen LogP contribution in [0.1, 0.15) is 42.0 Å². The highest BCUT2D eigenvalue weighted by atomic mass is 35.5. The number of aromatic nitrogens is 2. The van der Waals surface area contributed by atoms with Gasteiger partial charge in [-0.25, -0.2) is 9.18 Å². The molecule has 2 bridgehead atoms. The van der Waals surface area contributed by atoms with Crippen molar-refractivity contribution in [3.63, 3.8) is 0 Å². The summed E-state index contributed by atoms with van der Waals surface area (Å²) in [4.78, 5) is 16.2. The summed E-state index contributed by atoms with van der Waals surface area (Å²) >= 11 is 8.06. The highest BCUT2D eigenvalue weighted by molar-refractivity contribution is 8.00. The van der Waals surface area contributed by atoms with E-state index in [1.165, 1.54) is 37.0 Å². The number of thioether (sulfide) groups is 1. The molecule has 2 aromatic carbocycles. The van der Waals surface area contributed by atoms with Crippen molar-refractivity contribution in [1.82, 2.24) is 9.55 Å². The number of nitrogens with zero attached hydrogens (tertiary/aromatic N) is 1. The number of fused-ring (bicyclic) bond motifs is 6. The number of nitrogens with one attached hydrogen (secondary N) is 1. The maximum atomic E-state index is 13.3. The highest BCUT2D eigenvalue weighted by Crippen LogP contribution is 2.63. The van der Waals surface area contributed by atoms with E-state index < -0.39 is 0 Å². The predicted octanol–water partition coefficient (Wildman–Crippen LogP) is 5.67. The predicted molar refractivity (Wildman–Crippen MR) is 118 cm³/mol. The molecule has 1 N–H and O–H groups in total. The van der Waals surface area contributed by atoms with Crippen LogP contribution in [0, 0.1) is 23.6 Å². The van der Waals surface area contributed by atoms with Crippen LogP contribution in [-0.2, 0) is 6.54 Å². The van der Waals surface area contributed by atoms with Crippen molar-refractivity contribution >= 4 is 23.4 Å². The summed E-state index contributed by atoms with van der Waals surface area (Å²) in [5, 5.41) is 2.33. The molecule has 3 nitrogen and oxygen atoms in total. The van der Waals surface area contributed by atoms with Crippen LogP contribution in [0.5, 0.6) is 0 Å². The lowest BCUT2D eigenvalue weighted by atomic mass is 9.74. The van der Waals surface area contributed by atoms with E-state index in [1.54, 1.807) is 12.1 Å². The van der Waals surface area contributed by atoms with Crippen molar-refractivity contribution in [2.24, 2.45) is 17.8 Å². The highest BCUT2D eigenvalue weighted by Gasteiger charge is 2.55. The average molecular weight is 441 g/mol. The lowest BCUT2D eigenvalue weighted by Crippen LogP contribution is -2.34. The number of imidazole rings is 1. The van der Waals surface area contributed by atoms with E-state index in [1.807, 2.05) is 28.5 Å². The zero-order valence-corrected chi connectivity index (χ0v) is 17.9. The smallest absolute Gasteiger partial charge is 0.308 e. The molecule has 2 fully saturated rings. The molecule has 0 spiro atoms. The number of H-pyrrole nitrogens is 1. The normalized spacial score (nSPS) is 29.1. The molecule has 0 radical (unpaired) electrons. The maximum Gasteiger partial charge on any atom is 0.326 e. The van der Waals surface area contributed by atoms with E-state index in [2.05, 4.69) is 17.1 Å². The standard InChI is InChI=1S/C24H22ClFN2OS/c25-17-7-5-14(6-8-17)19-20-15-3-4-16(11-15)22(20)30-23-21(19)27-24(29)28(23)12-13-1-9-18(26)10-2-13/h1-2,5-10,15-16,19-20,22H,3-4,11-12H2,(H,27,29)/t15-,16+,19+,20+,22+/m1/s1. The number of hydrogen-bond donors (Lipinski definition) is 1. The molecule has 0 unspecified atom stereocenters. The van der Waals surface area contributed by atoms with E-state index in [-0.39, 0.29) is 17.4 Å². The monoisotopic (exact) mass is 440 g/mol. The fourth-order valence-corrected chi connectivity index (χ4v) is 7.97. The molecule has 5 atom stereocenters. The van der Waals surface area contributed by atoms with E-state index in [4.69, 9.17) is 11.6 Å². The number of benzene rings is 2. The van der Waals surface area contributed by atoms with Gasteiger partial charge in [0.1, 0.15) is 5.82 Å². The number of halogens is 2. The van der Waals surface area contributed by atoms with E-state index >= 15 is 0 Å². The lowest BCUT2D eigenvalue weighted by Gasteiger charge is -2.40. The van der Waals surface area contributed by atoms with Gasteiger partial charge in [-0.1, -0.05) is 35.9 Å². The van der Waals surface area contributed by atoms with Gasteiger partial charge in [0.25, 0.3) is 0 Å². The first-order valence-corrected chi connectivity index (χ1v) is 11.8. The summed E-state index contributed by atoms with van der Waals surface area (Å²) < 4.78 is 15.2. The fraction of sp³-hybridized carbons (Fsp3) is 0.375. The molecule has 6 rings (SSSR count). The Balaban J connectivity index is 1.47. The molecule has 0 saturated heterocycles. The molecule has 154 valence electrons. The lowest BCUT2D eigenvalue weighted by molar-refractivity contribution is 0.301. The molecule has 1 aliphatic heterocycles. The second-order valence-corrected chi connectivity index (χ2v) is 10.5. The Morgan fingerprint density at radius 1 is 1.07 bits per heavy atom. The Labute approximate surface area is 183 Å². The van der Waals surface area contributed by atoms with Crippen molar-refractivity contribution in [1.29, 1.82) is 0 Å². The second kappa shape index (κ2) is 7.03. The minimum Gasteiger partial charge on any atom is -0.308 e. The number of hydrogen-bond acceptors (Lipinski definition) is 2. The Morgan fingerprint density at radius 3 is 2.57 bits per heavy atom. The third-order valence-electron chi connectivity index (χ3n) is 7.29. The first-order valence-electron chi connectivity index (χ1n) is 10.6. The van der Waals surface area contributed by atoms with Crippen LogP contribution in [0.2, 0.25) is 5.02 Å². The van der Waals surface area contributed by atoms with Gasteiger partial charge in [-0.05, 0) is 72.4 Å². The first-order chi connectivity index (χ1) is 14.6. The van der Waals surface area contributed by atoms with Gasteiger partial charge >= 0.3 is 5.69 Å². The quantitative estimate of drug-likeness (QED) is 0.569. The van der Waals surface area contributed by atoms with E-state index in [0.29, 0.717) is 17.7 Å². The topological polar surface area (TPSA) is 37.8 Å². The third kappa shape index (κ3) is 2.89. The summed E-state index contributed by atoms with van der Waals surface area (Å²) in [6.45, 7) is 0.455. The van der Waals surface area contributed by atoms with Gasteiger partial charge in [0.15, 0.2) is 0 Å². The van der Waals surface area contributed by atoms with Gasteiger partial charge in [0.2, 0.25) is 0 Å². The van der Waals surface area contributed by atoms with Crippen molar-refractivity contribution < 1.29 is 4.39 Å². The maximum absolute atomic E-state index is 13.3. The molecular weight excluding hydrogens is 419 g/mol. The molecule has 6 heteroatoms. The van der Waals surface area contributed by atoms with Crippen LogP contribution < -0.4 is 5.69 Å². The zero-order chi connectivity index (χ0) is 20.4. The van der Waals surface area contributed by atoms with Crippen molar-refractivity contribution in [2.45, 2.75) is 42.0 Å². The average Bonchev–Trinajstić information content (AvgIpc) is 3.43. The Morgan fingerprint density at radius 2 is 1.80 bits per heavy atom. The van der Waals surface area contributed by atoms with Crippen LogP contribution in [-0.4, -0.2) is 14.8 Å². The van der Waals surface area contributed by atoms with Crippen molar-refractivity contribution in [3.8, 4) is 0 Å². The van der Waals surface area contributed by atoms with Crippen LogP contribution in [0.15, 0.2) is 58.4 Å². The number of rotatable bonds is 3. The van der Waals surface area contributed by atoms with Gasteiger partial charge in [-0.2, -0.15) is 0 Å². The van der Waals surface area contributed by atoms with E-state index in [9.17, 15) is 9.18 Å². The van der Waals surface area contributed by atoms with Gasteiger partial charge in [-0.3, -0.25) is 4.57 Å². The first kappa shape index (κ1) is 18.8. The van der Waals surface area contributed by atoms with Gasteiger partial charge in [0, 0.05) is 16.2 Å². The SMILES string of the molecule is O=c1[nH]c2c(n1Cc1ccc(F)cc1)S[C@H]1[C@H]3CC[C@H](C3)[C@H]1[C@@H]2c1ccc(Cl)cc1. The van der Waals surface area contributed by atoms with Gasteiger partial charge in [0.05, 0.1) is 17.3 Å². The summed E-state index contributed by atoms with van der Waals surface area (Å²) in [5.74, 6) is 1.95. The van der Waals surface area contributed by atoms with Crippen molar-refractivity contribution in [2.75, 3.05) is 0 Å². The third-order valence-corrected chi connectivity index (χ3v) is 9.18. The Kier molecular flexibility index (Phi) is 4.40. The fourth-order valence-electron chi connectivity index (χ4n) is 6.03. The number of aromatic amines is 1. The van der Waals surface area contributed by atoms with Crippen molar-refractivity contribution in [3.05, 3.63) is 86.7 Å². The Bertz CT molecular complexity index is 1150. The van der Waals surface area contributed by atoms with Crippen LogP contribution >= 0.6 is 23.4 Å². The van der Waals surface area contributed by atoms with Gasteiger partial charge in [-0.15, -0.1) is 11.8 Å². The molecule has 2 saturated carbocycles. The summed E-state index contributed by atoms with van der Waals surface area (Å²) in [7, 11) is 0. The second-order valence-electron chi connectivity index (χ2n) is 8.88. The summed E-state index contributed by atoms with van der Waals surface area (Å²) in [6.07, 6.45) is 3.90. The van der Waals surface area contributed by atoms with Gasteiger partial charge < -0.3 is 4.98 Å². The molecule has 1 aromatic heterocycles. The molecule has 30 heavy (non-hydrogen) atoms. The molecule has 2 heterocycles. The van der Waals surface area contributed by atoms with E-state index in [0.717, 1.165) is 33.1 Å². The molecule has 3 aromatic rings. The summed E-state index contributed by atoms with van der Waals surface area (Å²) in [6, 6.07) is 14.6. The van der Waals surface area contributed by atoms with Crippen LogP contribution in [0.3, 0.4) is 0 Å². The zero-order valence-electron chi connectivity index (χ0n) is 16.4. The minimum absolute atomic E-state index is 0.0805. The molecule has 0 amide bonds. The Hall–Kier alpha value is -1.98. The molecule has 3 aliphatic rings. The van der Waals surface area contributed by atoms with Crippen LogP contribution in [0.4, 0.5) is 4.39 Å². The van der Waals surface area contributed by atoms with Crippen LogP contribution in [0.25, 0.3) is 0 Å².